The number of imidazole rings is 1. The lowest BCUT2D eigenvalue weighted by molar-refractivity contribution is 0.102. The summed E-state index contributed by atoms with van der Waals surface area (Å²) >= 11 is 0. The number of carbonyl (C=O) groups is 1. The molecule has 156 valence electrons. The van der Waals surface area contributed by atoms with Crippen molar-refractivity contribution in [2.75, 3.05) is 5.32 Å². The van der Waals surface area contributed by atoms with Gasteiger partial charge >= 0.3 is 0 Å². The molecule has 0 unspecified atom stereocenters. The number of para-hydroxylation sites is 1. The number of hydrogen-bond acceptors (Lipinski definition) is 3. The van der Waals surface area contributed by atoms with E-state index in [4.69, 9.17) is 0 Å². The fourth-order valence-electron chi connectivity index (χ4n) is 2.70. The Bertz CT molecular complexity index is 1110. The Hall–Kier alpha value is -3.67. The van der Waals surface area contributed by atoms with Gasteiger partial charge in [0.25, 0.3) is 5.91 Å². The van der Waals surface area contributed by atoms with Gasteiger partial charge in [-0.2, -0.15) is 5.10 Å². The molecular formula is C24H29N5O. The van der Waals surface area contributed by atoms with Crippen LogP contribution in [0.15, 0.2) is 61.2 Å². The molecule has 0 aliphatic heterocycles. The number of nitrogens with one attached hydrogen (secondary N) is 3. The monoisotopic (exact) mass is 403 g/mol. The molecule has 0 saturated heterocycles. The van der Waals surface area contributed by atoms with Gasteiger partial charge in [0.2, 0.25) is 0 Å². The molecular weight excluding hydrogens is 374 g/mol. The molecule has 3 N–H and O–H groups in total. The first-order valence-electron chi connectivity index (χ1n) is 9.98. The number of anilines is 1. The molecule has 0 aliphatic carbocycles. The Kier molecular flexibility index (Phi) is 8.11. The number of allylic oxidation sites excluding steroid dienone is 1. The number of fused-ring (bicyclic) bond motifs is 1. The molecule has 0 bridgehead atoms. The van der Waals surface area contributed by atoms with E-state index in [9.17, 15) is 4.79 Å². The van der Waals surface area contributed by atoms with Crippen LogP contribution in [0.4, 0.5) is 5.69 Å². The largest absolute Gasteiger partial charge is 0.337 e. The lowest BCUT2D eigenvalue weighted by Gasteiger charge is -2.04. The average Bonchev–Trinajstić information content (AvgIpc) is 3.33. The lowest BCUT2D eigenvalue weighted by Crippen LogP contribution is -2.11. The molecule has 6 heteroatoms. The second-order valence-electron chi connectivity index (χ2n) is 6.37. The summed E-state index contributed by atoms with van der Waals surface area (Å²) in [5.41, 5.74) is 5.80. The summed E-state index contributed by atoms with van der Waals surface area (Å²) < 4.78 is 0. The van der Waals surface area contributed by atoms with E-state index in [0.29, 0.717) is 11.4 Å². The molecule has 2 aromatic carbocycles. The fourth-order valence-corrected chi connectivity index (χ4v) is 2.70. The third-order valence-corrected chi connectivity index (χ3v) is 4.25. The van der Waals surface area contributed by atoms with Gasteiger partial charge in [-0.25, -0.2) is 4.98 Å². The van der Waals surface area contributed by atoms with E-state index in [1.165, 1.54) is 0 Å². The van der Waals surface area contributed by atoms with Crippen molar-refractivity contribution >= 4 is 22.6 Å². The average molecular weight is 404 g/mol. The number of carbonyl (C=O) groups excluding carboxylic acids is 1. The van der Waals surface area contributed by atoms with Gasteiger partial charge in [-0.15, -0.1) is 6.58 Å². The maximum absolute atomic E-state index is 12.4. The molecule has 2 heterocycles. The second-order valence-corrected chi connectivity index (χ2v) is 6.37. The Balaban J connectivity index is 0.000000590. The van der Waals surface area contributed by atoms with Crippen molar-refractivity contribution in [1.82, 2.24) is 20.2 Å². The zero-order valence-electron chi connectivity index (χ0n) is 18.2. The van der Waals surface area contributed by atoms with Gasteiger partial charge in [0.05, 0.1) is 11.0 Å². The van der Waals surface area contributed by atoms with Gasteiger partial charge < -0.3 is 10.3 Å². The van der Waals surface area contributed by atoms with E-state index in [2.05, 4.69) is 32.1 Å². The van der Waals surface area contributed by atoms with Gasteiger partial charge in [-0.1, -0.05) is 38.1 Å². The molecule has 4 rings (SSSR count). The molecule has 6 nitrogen and oxygen atoms in total. The smallest absolute Gasteiger partial charge is 0.255 e. The predicted octanol–water partition coefficient (Wildman–Crippen LogP) is 6.04. The summed E-state index contributed by atoms with van der Waals surface area (Å²) in [6.07, 6.45) is 1.75. The number of benzene rings is 2. The number of amides is 1. The Morgan fingerprint density at radius 2 is 1.77 bits per heavy atom. The number of aryl methyl sites for hydroxylation is 1. The molecule has 0 radical (unpaired) electrons. The molecule has 30 heavy (non-hydrogen) atoms. The maximum atomic E-state index is 12.4. The number of aromatic nitrogens is 4. The van der Waals surface area contributed by atoms with Gasteiger partial charge in [0.15, 0.2) is 5.82 Å². The summed E-state index contributed by atoms with van der Waals surface area (Å²) in [7, 11) is 0. The quantitative estimate of drug-likeness (QED) is 0.364. The molecule has 0 saturated carbocycles. The van der Waals surface area contributed by atoms with Crippen LogP contribution in [0, 0.1) is 13.8 Å². The molecule has 0 atom stereocenters. The van der Waals surface area contributed by atoms with Crippen LogP contribution in [-0.4, -0.2) is 26.1 Å². The first kappa shape index (κ1) is 22.6. The first-order chi connectivity index (χ1) is 14.5. The molecule has 2 aromatic heterocycles. The summed E-state index contributed by atoms with van der Waals surface area (Å²) in [6.45, 7) is 13.2. The minimum atomic E-state index is -0.156. The van der Waals surface area contributed by atoms with Crippen molar-refractivity contribution in [2.24, 2.45) is 0 Å². The minimum Gasteiger partial charge on any atom is -0.337 e. The number of nitrogens with zero attached hydrogens (tertiary/aromatic N) is 2. The van der Waals surface area contributed by atoms with Crippen LogP contribution in [-0.2, 0) is 0 Å². The number of rotatable bonds is 3. The van der Waals surface area contributed by atoms with Crippen LogP contribution < -0.4 is 5.32 Å². The number of H-pyrrole nitrogens is 2. The van der Waals surface area contributed by atoms with E-state index in [1.54, 1.807) is 18.2 Å². The molecule has 0 fully saturated rings. The van der Waals surface area contributed by atoms with Crippen LogP contribution >= 0.6 is 0 Å². The van der Waals surface area contributed by atoms with Crippen LogP contribution in [0.1, 0.15) is 42.4 Å². The van der Waals surface area contributed by atoms with E-state index in [-0.39, 0.29) is 5.91 Å². The summed E-state index contributed by atoms with van der Waals surface area (Å²) in [5, 5.41) is 10.1. The zero-order valence-corrected chi connectivity index (χ0v) is 18.2. The summed E-state index contributed by atoms with van der Waals surface area (Å²) in [4.78, 5) is 20.3. The molecule has 0 aliphatic rings. The third-order valence-electron chi connectivity index (χ3n) is 4.25. The highest BCUT2D eigenvalue weighted by atomic mass is 16.1. The summed E-state index contributed by atoms with van der Waals surface area (Å²) in [6, 6.07) is 14.8. The Morgan fingerprint density at radius 3 is 2.37 bits per heavy atom. The Morgan fingerprint density at radius 1 is 1.10 bits per heavy atom. The van der Waals surface area contributed by atoms with Crippen molar-refractivity contribution in [3.05, 3.63) is 78.0 Å². The normalized spacial score (nSPS) is 9.77. The van der Waals surface area contributed by atoms with Crippen LogP contribution in [0.25, 0.3) is 22.6 Å². The highest BCUT2D eigenvalue weighted by molar-refractivity contribution is 6.06. The standard InChI is InChI=1S/C19H17N5O.C3H6.C2H6/c1-11-12(2)23-24-17(11)18-21-15-9-8-13(10-16(15)22-18)19(25)20-14-6-4-3-5-7-14;1-3-2;1-2/h3-10H,1-2H3,(H,20,25)(H,21,22)(H,23,24);3H,1H2,2H3;1-2H3. The first-order valence-corrected chi connectivity index (χ1v) is 9.98. The van der Waals surface area contributed by atoms with Crippen molar-refractivity contribution in [3.63, 3.8) is 0 Å². The lowest BCUT2D eigenvalue weighted by atomic mass is 10.2. The van der Waals surface area contributed by atoms with E-state index in [0.717, 1.165) is 33.7 Å². The number of hydrogen-bond donors (Lipinski definition) is 3. The van der Waals surface area contributed by atoms with Crippen molar-refractivity contribution in [3.8, 4) is 11.5 Å². The van der Waals surface area contributed by atoms with E-state index < -0.39 is 0 Å². The molecule has 1 amide bonds. The van der Waals surface area contributed by atoms with Crippen molar-refractivity contribution < 1.29 is 4.79 Å². The van der Waals surface area contributed by atoms with Crippen molar-refractivity contribution in [2.45, 2.75) is 34.6 Å². The third kappa shape index (κ3) is 5.23. The second kappa shape index (κ2) is 10.8. The van der Waals surface area contributed by atoms with Crippen LogP contribution in [0.2, 0.25) is 0 Å². The van der Waals surface area contributed by atoms with Gasteiger partial charge in [-0.05, 0) is 51.1 Å². The topological polar surface area (TPSA) is 86.5 Å². The maximum Gasteiger partial charge on any atom is 0.255 e. The van der Waals surface area contributed by atoms with E-state index in [1.807, 2.05) is 71.0 Å². The van der Waals surface area contributed by atoms with Crippen LogP contribution in [0.3, 0.4) is 0 Å². The molecule has 4 aromatic rings. The Labute approximate surface area is 177 Å². The highest BCUT2D eigenvalue weighted by Crippen LogP contribution is 2.24. The number of aromatic amines is 2. The van der Waals surface area contributed by atoms with Gasteiger partial charge in [-0.3, -0.25) is 9.89 Å². The van der Waals surface area contributed by atoms with Gasteiger partial charge in [0.1, 0.15) is 5.69 Å². The highest BCUT2D eigenvalue weighted by Gasteiger charge is 2.14. The predicted molar refractivity (Wildman–Crippen MR) is 125 cm³/mol. The zero-order chi connectivity index (χ0) is 22.1. The molecule has 0 spiro atoms. The SMILES string of the molecule is C=CC.CC.Cc1[nH]nc(-c2nc3ccc(C(=O)Nc4ccccc4)cc3[nH]2)c1C. The van der Waals surface area contributed by atoms with Crippen LogP contribution in [0.5, 0.6) is 0 Å². The van der Waals surface area contributed by atoms with Gasteiger partial charge in [0, 0.05) is 22.5 Å². The van der Waals surface area contributed by atoms with E-state index >= 15 is 0 Å². The fraction of sp³-hybridized carbons (Fsp3) is 0.208. The van der Waals surface area contributed by atoms with Crippen molar-refractivity contribution in [1.29, 1.82) is 0 Å². The summed E-state index contributed by atoms with van der Waals surface area (Å²) in [5.74, 6) is 0.536. The minimum absolute atomic E-state index is 0.156.